The van der Waals surface area contributed by atoms with Gasteiger partial charge in [0.1, 0.15) is 5.82 Å². The first kappa shape index (κ1) is 10.3. The molecule has 1 aromatic rings. The van der Waals surface area contributed by atoms with Gasteiger partial charge in [-0.2, -0.15) is 0 Å². The van der Waals surface area contributed by atoms with Crippen LogP contribution in [0.3, 0.4) is 0 Å². The maximum atomic E-state index is 12.7. The number of carbonyl (C=O) groups is 1. The number of aldehydes is 1. The van der Waals surface area contributed by atoms with Crippen LogP contribution in [0, 0.1) is 5.82 Å². The average Bonchev–Trinajstić information content (AvgIpc) is 2.07. The fourth-order valence-electron chi connectivity index (χ4n) is 0.973. The summed E-state index contributed by atoms with van der Waals surface area (Å²) >= 11 is 1.56. The summed E-state index contributed by atoms with van der Waals surface area (Å²) in [4.78, 5) is 11.4. The van der Waals surface area contributed by atoms with E-state index >= 15 is 0 Å². The van der Waals surface area contributed by atoms with Crippen molar-refractivity contribution in [2.75, 3.05) is 0 Å². The van der Waals surface area contributed by atoms with E-state index < -0.39 is 0 Å². The molecule has 0 N–H and O–H groups in total. The van der Waals surface area contributed by atoms with Crippen molar-refractivity contribution in [3.05, 3.63) is 29.6 Å². The van der Waals surface area contributed by atoms with Gasteiger partial charge in [-0.15, -0.1) is 11.8 Å². The molecule has 13 heavy (non-hydrogen) atoms. The van der Waals surface area contributed by atoms with E-state index in [1.807, 2.05) is 13.8 Å². The Kier molecular flexibility index (Phi) is 3.48. The predicted molar refractivity (Wildman–Crippen MR) is 52.8 cm³/mol. The molecule has 0 aliphatic rings. The van der Waals surface area contributed by atoms with Crippen LogP contribution in [-0.4, -0.2) is 11.5 Å². The van der Waals surface area contributed by atoms with E-state index in [4.69, 9.17) is 0 Å². The lowest BCUT2D eigenvalue weighted by molar-refractivity contribution is 0.112. The van der Waals surface area contributed by atoms with Crippen molar-refractivity contribution in [2.45, 2.75) is 24.0 Å². The number of rotatable bonds is 3. The zero-order valence-corrected chi connectivity index (χ0v) is 8.40. The largest absolute Gasteiger partial charge is 0.298 e. The Hall–Kier alpha value is -0.830. The molecule has 0 bridgehead atoms. The van der Waals surface area contributed by atoms with Gasteiger partial charge in [0, 0.05) is 15.7 Å². The molecule has 70 valence electrons. The van der Waals surface area contributed by atoms with Crippen LogP contribution in [0.2, 0.25) is 0 Å². The molecule has 0 amide bonds. The highest BCUT2D eigenvalue weighted by molar-refractivity contribution is 8.00. The van der Waals surface area contributed by atoms with Crippen LogP contribution in [-0.2, 0) is 0 Å². The third kappa shape index (κ3) is 2.84. The summed E-state index contributed by atoms with van der Waals surface area (Å²) in [6.45, 7) is 4.06. The van der Waals surface area contributed by atoms with E-state index in [1.165, 1.54) is 12.1 Å². The molecule has 0 aliphatic carbocycles. The number of thioether (sulfide) groups is 1. The lowest BCUT2D eigenvalue weighted by atomic mass is 10.2. The minimum Gasteiger partial charge on any atom is -0.298 e. The van der Waals surface area contributed by atoms with E-state index in [0.29, 0.717) is 17.1 Å². The van der Waals surface area contributed by atoms with Crippen molar-refractivity contribution >= 4 is 18.0 Å². The second-order valence-corrected chi connectivity index (χ2v) is 4.58. The average molecular weight is 198 g/mol. The molecule has 0 atom stereocenters. The van der Waals surface area contributed by atoms with Crippen LogP contribution in [0.5, 0.6) is 0 Å². The quantitative estimate of drug-likeness (QED) is 0.548. The Balaban J connectivity index is 2.99. The van der Waals surface area contributed by atoms with Gasteiger partial charge in [0.2, 0.25) is 0 Å². The number of benzene rings is 1. The van der Waals surface area contributed by atoms with E-state index in [1.54, 1.807) is 17.8 Å². The summed E-state index contributed by atoms with van der Waals surface area (Å²) in [5, 5.41) is 0.393. The number of hydrogen-bond acceptors (Lipinski definition) is 2. The second-order valence-electron chi connectivity index (χ2n) is 2.97. The fourth-order valence-corrected chi connectivity index (χ4v) is 1.87. The van der Waals surface area contributed by atoms with Gasteiger partial charge in [0.05, 0.1) is 0 Å². The van der Waals surface area contributed by atoms with Gasteiger partial charge in [0.25, 0.3) is 0 Å². The van der Waals surface area contributed by atoms with Gasteiger partial charge in [-0.3, -0.25) is 4.79 Å². The summed E-state index contributed by atoms with van der Waals surface area (Å²) in [5.41, 5.74) is 0.429. The number of hydrogen-bond donors (Lipinski definition) is 0. The summed E-state index contributed by atoms with van der Waals surface area (Å²) in [5.74, 6) is -0.366. The maximum absolute atomic E-state index is 12.7. The van der Waals surface area contributed by atoms with Crippen LogP contribution < -0.4 is 0 Å². The number of halogens is 1. The Morgan fingerprint density at radius 3 is 2.69 bits per heavy atom. The predicted octanol–water partition coefficient (Wildman–Crippen LogP) is 3.14. The van der Waals surface area contributed by atoms with Crippen molar-refractivity contribution in [3.8, 4) is 0 Å². The first-order chi connectivity index (χ1) is 6.13. The molecular formula is C10H11FOS. The van der Waals surface area contributed by atoms with Crippen molar-refractivity contribution in [2.24, 2.45) is 0 Å². The third-order valence-electron chi connectivity index (χ3n) is 1.46. The van der Waals surface area contributed by atoms with Gasteiger partial charge < -0.3 is 0 Å². The highest BCUT2D eigenvalue weighted by Crippen LogP contribution is 2.26. The van der Waals surface area contributed by atoms with Gasteiger partial charge in [-0.25, -0.2) is 4.39 Å². The van der Waals surface area contributed by atoms with Gasteiger partial charge in [-0.1, -0.05) is 13.8 Å². The minimum absolute atomic E-state index is 0.366. The smallest absolute Gasteiger partial charge is 0.151 e. The van der Waals surface area contributed by atoms with Crippen molar-refractivity contribution in [1.82, 2.24) is 0 Å². The van der Waals surface area contributed by atoms with Gasteiger partial charge in [0.15, 0.2) is 6.29 Å². The molecule has 0 saturated carbocycles. The minimum atomic E-state index is -0.366. The molecule has 0 saturated heterocycles. The summed E-state index contributed by atoms with van der Waals surface area (Å²) < 4.78 is 12.7. The molecule has 0 fully saturated rings. The van der Waals surface area contributed by atoms with E-state index in [2.05, 4.69) is 0 Å². The third-order valence-corrected chi connectivity index (χ3v) is 2.56. The van der Waals surface area contributed by atoms with Crippen molar-refractivity contribution in [1.29, 1.82) is 0 Å². The lowest BCUT2D eigenvalue weighted by Crippen LogP contribution is -1.92. The van der Waals surface area contributed by atoms with E-state index in [-0.39, 0.29) is 5.82 Å². The zero-order valence-electron chi connectivity index (χ0n) is 7.58. The van der Waals surface area contributed by atoms with Crippen LogP contribution in [0.15, 0.2) is 23.1 Å². The normalized spacial score (nSPS) is 10.5. The summed E-state index contributed by atoms with van der Waals surface area (Å²) in [6.07, 6.45) is 0.688. The molecule has 3 heteroatoms. The lowest BCUT2D eigenvalue weighted by Gasteiger charge is -2.06. The highest BCUT2D eigenvalue weighted by atomic mass is 32.2. The van der Waals surface area contributed by atoms with Crippen LogP contribution in [0.25, 0.3) is 0 Å². The SMILES string of the molecule is CC(C)Sc1ccc(F)cc1C=O. The van der Waals surface area contributed by atoms with E-state index in [9.17, 15) is 9.18 Å². The van der Waals surface area contributed by atoms with Crippen molar-refractivity contribution < 1.29 is 9.18 Å². The Bertz CT molecular complexity index is 310. The monoisotopic (exact) mass is 198 g/mol. The molecule has 0 spiro atoms. The fraction of sp³-hybridized carbons (Fsp3) is 0.300. The number of carbonyl (C=O) groups excluding carboxylic acids is 1. The van der Waals surface area contributed by atoms with Crippen LogP contribution >= 0.6 is 11.8 Å². The highest BCUT2D eigenvalue weighted by Gasteiger charge is 2.05. The maximum Gasteiger partial charge on any atom is 0.151 e. The zero-order chi connectivity index (χ0) is 9.84. The molecule has 0 radical (unpaired) electrons. The topological polar surface area (TPSA) is 17.1 Å². The standard InChI is InChI=1S/C10H11FOS/c1-7(2)13-10-4-3-9(11)5-8(10)6-12/h3-7H,1-2H3. The molecular weight excluding hydrogens is 187 g/mol. The molecule has 0 aromatic heterocycles. The van der Waals surface area contributed by atoms with E-state index in [0.717, 1.165) is 4.90 Å². The Morgan fingerprint density at radius 1 is 1.46 bits per heavy atom. The molecule has 1 rings (SSSR count). The Labute approximate surface area is 81.3 Å². The van der Waals surface area contributed by atoms with Crippen molar-refractivity contribution in [3.63, 3.8) is 0 Å². The molecule has 1 nitrogen and oxygen atoms in total. The van der Waals surface area contributed by atoms with Crippen LogP contribution in [0.1, 0.15) is 24.2 Å². The van der Waals surface area contributed by atoms with Crippen LogP contribution in [0.4, 0.5) is 4.39 Å². The van der Waals surface area contributed by atoms with Gasteiger partial charge >= 0.3 is 0 Å². The first-order valence-corrected chi connectivity index (χ1v) is 4.93. The molecule has 1 aromatic carbocycles. The van der Waals surface area contributed by atoms with Gasteiger partial charge in [-0.05, 0) is 18.2 Å². The molecule has 0 aliphatic heterocycles. The Morgan fingerprint density at radius 2 is 2.15 bits per heavy atom. The summed E-state index contributed by atoms with van der Waals surface area (Å²) in [6, 6.07) is 4.28. The summed E-state index contributed by atoms with van der Waals surface area (Å²) in [7, 11) is 0. The second kappa shape index (κ2) is 4.42. The molecule has 0 unspecified atom stereocenters. The molecule has 0 heterocycles. The first-order valence-electron chi connectivity index (χ1n) is 4.05.